The SMILES string of the molecule is CC(CCCn1cccn1)[N+](=O)[O-]. The van der Waals surface area contributed by atoms with Crippen molar-refractivity contribution >= 4 is 0 Å². The zero-order chi connectivity index (χ0) is 9.68. The van der Waals surface area contributed by atoms with Crippen LogP contribution in [-0.4, -0.2) is 20.7 Å². The van der Waals surface area contributed by atoms with Gasteiger partial charge >= 0.3 is 0 Å². The van der Waals surface area contributed by atoms with E-state index in [0.717, 1.165) is 13.0 Å². The molecule has 13 heavy (non-hydrogen) atoms. The Labute approximate surface area is 76.5 Å². The summed E-state index contributed by atoms with van der Waals surface area (Å²) < 4.78 is 1.78. The monoisotopic (exact) mass is 183 g/mol. The highest BCUT2D eigenvalue weighted by atomic mass is 16.6. The molecular weight excluding hydrogens is 170 g/mol. The first-order chi connectivity index (χ1) is 6.20. The maximum atomic E-state index is 10.3. The molecule has 0 saturated heterocycles. The summed E-state index contributed by atoms with van der Waals surface area (Å²) >= 11 is 0. The summed E-state index contributed by atoms with van der Waals surface area (Å²) in [5.41, 5.74) is 0. The van der Waals surface area contributed by atoms with Crippen LogP contribution in [0.2, 0.25) is 0 Å². The molecule has 0 aliphatic rings. The first-order valence-electron chi connectivity index (χ1n) is 4.31. The Balaban J connectivity index is 2.18. The van der Waals surface area contributed by atoms with E-state index in [2.05, 4.69) is 5.10 Å². The van der Waals surface area contributed by atoms with Gasteiger partial charge in [0.05, 0.1) is 0 Å². The van der Waals surface area contributed by atoms with Gasteiger partial charge in [0.1, 0.15) is 0 Å². The molecular formula is C8H13N3O2. The molecule has 1 atom stereocenters. The second-order valence-electron chi connectivity index (χ2n) is 3.05. The summed E-state index contributed by atoms with van der Waals surface area (Å²) in [7, 11) is 0. The van der Waals surface area contributed by atoms with E-state index in [1.54, 1.807) is 17.8 Å². The van der Waals surface area contributed by atoms with Gasteiger partial charge in [0, 0.05) is 37.2 Å². The summed E-state index contributed by atoms with van der Waals surface area (Å²) in [6.07, 6.45) is 4.96. The van der Waals surface area contributed by atoms with Gasteiger partial charge < -0.3 is 0 Å². The van der Waals surface area contributed by atoms with E-state index in [1.807, 2.05) is 12.3 Å². The lowest BCUT2D eigenvalue weighted by atomic mass is 10.2. The molecule has 1 rings (SSSR count). The quantitative estimate of drug-likeness (QED) is 0.511. The maximum absolute atomic E-state index is 10.3. The number of aryl methyl sites for hydroxylation is 1. The highest BCUT2D eigenvalue weighted by Crippen LogP contribution is 2.01. The van der Waals surface area contributed by atoms with Crippen molar-refractivity contribution < 1.29 is 4.92 Å². The summed E-state index contributed by atoms with van der Waals surface area (Å²) in [4.78, 5) is 10.0. The second-order valence-corrected chi connectivity index (χ2v) is 3.05. The van der Waals surface area contributed by atoms with Gasteiger partial charge in [-0.15, -0.1) is 0 Å². The van der Waals surface area contributed by atoms with Crippen molar-refractivity contribution in [3.8, 4) is 0 Å². The largest absolute Gasteiger partial charge is 0.273 e. The van der Waals surface area contributed by atoms with Crippen LogP contribution in [0.15, 0.2) is 18.5 Å². The highest BCUT2D eigenvalue weighted by molar-refractivity contribution is 4.77. The molecule has 0 saturated carbocycles. The van der Waals surface area contributed by atoms with Gasteiger partial charge in [-0.05, 0) is 12.5 Å². The van der Waals surface area contributed by atoms with Crippen molar-refractivity contribution in [3.63, 3.8) is 0 Å². The number of nitrogens with zero attached hydrogens (tertiary/aromatic N) is 3. The molecule has 1 aromatic rings. The van der Waals surface area contributed by atoms with E-state index in [1.165, 1.54) is 0 Å². The molecule has 0 aliphatic heterocycles. The van der Waals surface area contributed by atoms with Gasteiger partial charge in [-0.25, -0.2) is 0 Å². The third kappa shape index (κ3) is 3.23. The standard InChI is InChI=1S/C8H13N3O2/c1-8(11(12)13)4-2-6-10-7-3-5-9-10/h3,5,7-8H,2,4,6H2,1H3. The van der Waals surface area contributed by atoms with Crippen LogP contribution in [0.1, 0.15) is 19.8 Å². The van der Waals surface area contributed by atoms with E-state index in [-0.39, 0.29) is 4.92 Å². The molecule has 1 heterocycles. The fourth-order valence-corrected chi connectivity index (χ4v) is 1.09. The van der Waals surface area contributed by atoms with E-state index >= 15 is 0 Å². The fourth-order valence-electron chi connectivity index (χ4n) is 1.09. The van der Waals surface area contributed by atoms with Gasteiger partial charge in [0.2, 0.25) is 6.04 Å². The molecule has 5 heteroatoms. The Morgan fingerprint density at radius 1 is 1.69 bits per heavy atom. The first kappa shape index (κ1) is 9.70. The van der Waals surface area contributed by atoms with Crippen molar-refractivity contribution in [2.45, 2.75) is 32.4 Å². The summed E-state index contributed by atoms with van der Waals surface area (Å²) in [6, 6.07) is 1.40. The zero-order valence-corrected chi connectivity index (χ0v) is 7.59. The molecule has 5 nitrogen and oxygen atoms in total. The predicted molar refractivity (Wildman–Crippen MR) is 47.9 cm³/mol. The van der Waals surface area contributed by atoms with Crippen LogP contribution in [0.4, 0.5) is 0 Å². The van der Waals surface area contributed by atoms with Crippen LogP contribution in [0.25, 0.3) is 0 Å². The van der Waals surface area contributed by atoms with Crippen molar-refractivity contribution in [2.75, 3.05) is 0 Å². The van der Waals surface area contributed by atoms with E-state index in [9.17, 15) is 10.1 Å². The Hall–Kier alpha value is -1.39. The molecule has 0 amide bonds. The normalized spacial score (nSPS) is 12.7. The van der Waals surface area contributed by atoms with E-state index in [4.69, 9.17) is 0 Å². The van der Waals surface area contributed by atoms with Crippen LogP contribution in [-0.2, 0) is 6.54 Å². The summed E-state index contributed by atoms with van der Waals surface area (Å²) in [5, 5.41) is 14.3. The van der Waals surface area contributed by atoms with Crippen molar-refractivity contribution in [2.24, 2.45) is 0 Å². The third-order valence-electron chi connectivity index (χ3n) is 1.93. The number of hydrogen-bond acceptors (Lipinski definition) is 3. The van der Waals surface area contributed by atoms with Gasteiger partial charge in [0.25, 0.3) is 0 Å². The lowest BCUT2D eigenvalue weighted by molar-refractivity contribution is -0.519. The summed E-state index contributed by atoms with van der Waals surface area (Å²) in [6.45, 7) is 2.38. The third-order valence-corrected chi connectivity index (χ3v) is 1.93. The van der Waals surface area contributed by atoms with Crippen LogP contribution >= 0.6 is 0 Å². The van der Waals surface area contributed by atoms with Gasteiger partial charge in [-0.1, -0.05) is 0 Å². The Kier molecular flexibility index (Phi) is 3.42. The molecule has 72 valence electrons. The van der Waals surface area contributed by atoms with Crippen LogP contribution < -0.4 is 0 Å². The molecule has 1 unspecified atom stereocenters. The number of hydrogen-bond donors (Lipinski definition) is 0. The van der Waals surface area contributed by atoms with Crippen molar-refractivity contribution in [3.05, 3.63) is 28.6 Å². The minimum Gasteiger partial charge on any atom is -0.273 e. The van der Waals surface area contributed by atoms with Gasteiger partial charge in [0.15, 0.2) is 0 Å². The second kappa shape index (κ2) is 4.59. The molecule has 0 aromatic carbocycles. The lowest BCUT2D eigenvalue weighted by Crippen LogP contribution is -2.15. The van der Waals surface area contributed by atoms with Crippen LogP contribution in [0.3, 0.4) is 0 Å². The summed E-state index contributed by atoms with van der Waals surface area (Å²) in [5.74, 6) is 0. The van der Waals surface area contributed by atoms with E-state index < -0.39 is 6.04 Å². The highest BCUT2D eigenvalue weighted by Gasteiger charge is 2.11. The smallest absolute Gasteiger partial charge is 0.210 e. The fraction of sp³-hybridized carbons (Fsp3) is 0.625. The number of nitro groups is 1. The van der Waals surface area contributed by atoms with E-state index in [0.29, 0.717) is 6.42 Å². The minimum atomic E-state index is -0.449. The molecule has 0 bridgehead atoms. The van der Waals surface area contributed by atoms with Crippen molar-refractivity contribution in [1.29, 1.82) is 0 Å². The number of aromatic nitrogens is 2. The molecule has 0 radical (unpaired) electrons. The maximum Gasteiger partial charge on any atom is 0.210 e. The number of rotatable bonds is 5. The van der Waals surface area contributed by atoms with Crippen LogP contribution in [0, 0.1) is 10.1 Å². The Morgan fingerprint density at radius 2 is 2.46 bits per heavy atom. The minimum absolute atomic E-state index is 0.247. The Morgan fingerprint density at radius 3 is 3.00 bits per heavy atom. The topological polar surface area (TPSA) is 61.0 Å². The lowest BCUT2D eigenvalue weighted by Gasteiger charge is -2.03. The Bertz CT molecular complexity index is 258. The molecule has 1 aromatic heterocycles. The average molecular weight is 183 g/mol. The first-order valence-corrected chi connectivity index (χ1v) is 4.31. The molecule has 0 spiro atoms. The van der Waals surface area contributed by atoms with Gasteiger partial charge in [-0.3, -0.25) is 14.8 Å². The van der Waals surface area contributed by atoms with Gasteiger partial charge in [-0.2, -0.15) is 5.10 Å². The predicted octanol–water partition coefficient (Wildman–Crippen LogP) is 1.33. The van der Waals surface area contributed by atoms with Crippen LogP contribution in [0.5, 0.6) is 0 Å². The average Bonchev–Trinajstić information content (AvgIpc) is 2.56. The zero-order valence-electron chi connectivity index (χ0n) is 7.59. The molecule has 0 fully saturated rings. The van der Waals surface area contributed by atoms with Crippen molar-refractivity contribution in [1.82, 2.24) is 9.78 Å². The molecule has 0 aliphatic carbocycles. The molecule has 0 N–H and O–H groups in total.